The van der Waals surface area contributed by atoms with Crippen molar-refractivity contribution in [3.63, 3.8) is 0 Å². The van der Waals surface area contributed by atoms with Crippen LogP contribution < -0.4 is 0 Å². The van der Waals surface area contributed by atoms with E-state index in [4.69, 9.17) is 0 Å². The molecule has 154 valence electrons. The number of benzene rings is 1. The summed E-state index contributed by atoms with van der Waals surface area (Å²) < 4.78 is 0. The summed E-state index contributed by atoms with van der Waals surface area (Å²) in [5.74, 6) is 0.0519. The zero-order valence-electron chi connectivity index (χ0n) is 17.7. The lowest BCUT2D eigenvalue weighted by Gasteiger charge is -2.35. The van der Waals surface area contributed by atoms with Crippen LogP contribution in [0.15, 0.2) is 24.3 Å². The predicted octanol–water partition coefficient (Wildman–Crippen LogP) is 5.28. The van der Waals surface area contributed by atoms with Crippen molar-refractivity contribution in [2.24, 2.45) is 0 Å². The van der Waals surface area contributed by atoms with E-state index in [-0.39, 0.29) is 11.8 Å². The third kappa shape index (κ3) is 4.59. The second-order valence-corrected chi connectivity index (χ2v) is 8.31. The molecule has 0 spiro atoms. The van der Waals surface area contributed by atoms with Gasteiger partial charge >= 0.3 is 0 Å². The molecule has 4 nitrogen and oxygen atoms in total. The largest absolute Gasteiger partial charge is 0.336 e. The minimum absolute atomic E-state index is 0.0260. The molecular formula is C24H36N2O2. The normalized spacial score (nSPS) is 18.6. The first-order chi connectivity index (χ1) is 13.7. The van der Waals surface area contributed by atoms with E-state index in [1.165, 1.54) is 38.5 Å². The third-order valence-corrected chi connectivity index (χ3v) is 6.62. The SMILES string of the molecule is CCN(C(=O)c1ccccc1C(=O)N(CC)C1CCCCC1)C1CCCCC1. The van der Waals surface area contributed by atoms with E-state index in [1.807, 2.05) is 34.1 Å². The van der Waals surface area contributed by atoms with Crippen molar-refractivity contribution in [1.29, 1.82) is 0 Å². The number of carbonyl (C=O) groups is 2. The maximum absolute atomic E-state index is 13.4. The molecule has 2 aliphatic rings. The molecule has 4 heteroatoms. The van der Waals surface area contributed by atoms with Gasteiger partial charge in [0.1, 0.15) is 0 Å². The van der Waals surface area contributed by atoms with Crippen LogP contribution in [0, 0.1) is 0 Å². The second-order valence-electron chi connectivity index (χ2n) is 8.31. The maximum atomic E-state index is 13.4. The second kappa shape index (κ2) is 10.1. The molecule has 2 aliphatic carbocycles. The molecule has 2 saturated carbocycles. The molecule has 0 atom stereocenters. The Morgan fingerprint density at radius 2 is 1.07 bits per heavy atom. The van der Waals surface area contributed by atoms with E-state index in [0.29, 0.717) is 36.3 Å². The number of hydrogen-bond acceptors (Lipinski definition) is 2. The van der Waals surface area contributed by atoms with Gasteiger partial charge in [-0.05, 0) is 51.7 Å². The fourth-order valence-corrected chi connectivity index (χ4v) is 5.09. The summed E-state index contributed by atoms with van der Waals surface area (Å²) >= 11 is 0. The van der Waals surface area contributed by atoms with E-state index >= 15 is 0 Å². The Balaban J connectivity index is 1.84. The Morgan fingerprint density at radius 3 is 1.39 bits per heavy atom. The molecule has 0 aromatic heterocycles. The van der Waals surface area contributed by atoms with Gasteiger partial charge in [0, 0.05) is 25.2 Å². The summed E-state index contributed by atoms with van der Waals surface area (Å²) in [7, 11) is 0. The fraction of sp³-hybridized carbons (Fsp3) is 0.667. The molecule has 0 heterocycles. The van der Waals surface area contributed by atoms with Gasteiger partial charge in [-0.3, -0.25) is 9.59 Å². The molecule has 0 radical (unpaired) electrons. The van der Waals surface area contributed by atoms with Crippen LogP contribution in [0.1, 0.15) is 98.8 Å². The average Bonchev–Trinajstić information content (AvgIpc) is 2.76. The molecule has 1 aromatic carbocycles. The van der Waals surface area contributed by atoms with Crippen LogP contribution >= 0.6 is 0 Å². The zero-order valence-corrected chi connectivity index (χ0v) is 17.7. The lowest BCUT2D eigenvalue weighted by molar-refractivity contribution is 0.0607. The molecule has 2 fully saturated rings. The Morgan fingerprint density at radius 1 is 0.714 bits per heavy atom. The van der Waals surface area contributed by atoms with Gasteiger partial charge in [-0.2, -0.15) is 0 Å². The number of hydrogen-bond donors (Lipinski definition) is 0. The predicted molar refractivity (Wildman–Crippen MR) is 114 cm³/mol. The van der Waals surface area contributed by atoms with Gasteiger partial charge in [0.2, 0.25) is 0 Å². The highest BCUT2D eigenvalue weighted by molar-refractivity contribution is 6.07. The number of amides is 2. The minimum atomic E-state index is 0.0260. The molecule has 0 unspecified atom stereocenters. The van der Waals surface area contributed by atoms with Crippen molar-refractivity contribution >= 4 is 11.8 Å². The molecule has 0 N–H and O–H groups in total. The van der Waals surface area contributed by atoms with E-state index in [2.05, 4.69) is 13.8 Å². The van der Waals surface area contributed by atoms with E-state index in [9.17, 15) is 9.59 Å². The van der Waals surface area contributed by atoms with Crippen LogP contribution in [0.2, 0.25) is 0 Å². The number of carbonyl (C=O) groups excluding carboxylic acids is 2. The Labute approximate surface area is 170 Å². The van der Waals surface area contributed by atoms with Crippen molar-refractivity contribution in [2.75, 3.05) is 13.1 Å². The van der Waals surface area contributed by atoms with Gasteiger partial charge in [-0.1, -0.05) is 50.7 Å². The van der Waals surface area contributed by atoms with Crippen LogP contribution in [0.3, 0.4) is 0 Å². The minimum Gasteiger partial charge on any atom is -0.336 e. The van der Waals surface area contributed by atoms with Gasteiger partial charge in [0.25, 0.3) is 11.8 Å². The monoisotopic (exact) mass is 384 g/mol. The molecule has 0 bridgehead atoms. The molecule has 2 amide bonds. The number of nitrogens with zero attached hydrogens (tertiary/aromatic N) is 2. The summed E-state index contributed by atoms with van der Waals surface area (Å²) in [6.07, 6.45) is 11.6. The van der Waals surface area contributed by atoms with E-state index in [1.54, 1.807) is 0 Å². The van der Waals surface area contributed by atoms with Crippen molar-refractivity contribution in [1.82, 2.24) is 9.80 Å². The average molecular weight is 385 g/mol. The van der Waals surface area contributed by atoms with Crippen molar-refractivity contribution < 1.29 is 9.59 Å². The van der Waals surface area contributed by atoms with Crippen LogP contribution in [0.25, 0.3) is 0 Å². The molecule has 0 aliphatic heterocycles. The zero-order chi connectivity index (χ0) is 19.9. The molecule has 28 heavy (non-hydrogen) atoms. The highest BCUT2D eigenvalue weighted by Gasteiger charge is 2.30. The lowest BCUT2D eigenvalue weighted by atomic mass is 9.92. The van der Waals surface area contributed by atoms with Crippen molar-refractivity contribution in [3.05, 3.63) is 35.4 Å². The Hall–Kier alpha value is -1.84. The van der Waals surface area contributed by atoms with E-state index in [0.717, 1.165) is 25.7 Å². The standard InChI is InChI=1S/C24H36N2O2/c1-3-25(19-13-7-5-8-14-19)23(27)21-17-11-12-18-22(21)24(28)26(4-2)20-15-9-6-10-16-20/h11-12,17-20H,3-10,13-16H2,1-2H3. The fourth-order valence-electron chi connectivity index (χ4n) is 5.09. The highest BCUT2D eigenvalue weighted by Crippen LogP contribution is 2.27. The maximum Gasteiger partial charge on any atom is 0.254 e. The Bertz CT molecular complexity index is 603. The van der Waals surface area contributed by atoms with Crippen LogP contribution in [0.4, 0.5) is 0 Å². The van der Waals surface area contributed by atoms with Crippen LogP contribution in [-0.4, -0.2) is 46.8 Å². The van der Waals surface area contributed by atoms with Crippen molar-refractivity contribution in [3.8, 4) is 0 Å². The van der Waals surface area contributed by atoms with Gasteiger partial charge < -0.3 is 9.80 Å². The summed E-state index contributed by atoms with van der Waals surface area (Å²) in [6.45, 7) is 5.51. The van der Waals surface area contributed by atoms with Gasteiger partial charge in [0.15, 0.2) is 0 Å². The molecular weight excluding hydrogens is 348 g/mol. The van der Waals surface area contributed by atoms with Crippen LogP contribution in [0.5, 0.6) is 0 Å². The van der Waals surface area contributed by atoms with Gasteiger partial charge in [-0.25, -0.2) is 0 Å². The molecule has 0 saturated heterocycles. The number of rotatable bonds is 6. The van der Waals surface area contributed by atoms with Gasteiger partial charge in [-0.15, -0.1) is 0 Å². The topological polar surface area (TPSA) is 40.6 Å². The van der Waals surface area contributed by atoms with E-state index < -0.39 is 0 Å². The highest BCUT2D eigenvalue weighted by atomic mass is 16.2. The third-order valence-electron chi connectivity index (χ3n) is 6.62. The first-order valence-corrected chi connectivity index (χ1v) is 11.4. The molecule has 1 aromatic rings. The smallest absolute Gasteiger partial charge is 0.254 e. The summed E-state index contributed by atoms with van der Waals surface area (Å²) in [5.41, 5.74) is 1.16. The summed E-state index contributed by atoms with van der Waals surface area (Å²) in [5, 5.41) is 0. The summed E-state index contributed by atoms with van der Waals surface area (Å²) in [4.78, 5) is 30.9. The summed E-state index contributed by atoms with van der Waals surface area (Å²) in [6, 6.07) is 8.08. The quantitative estimate of drug-likeness (QED) is 0.670. The van der Waals surface area contributed by atoms with Crippen LogP contribution in [-0.2, 0) is 0 Å². The van der Waals surface area contributed by atoms with Gasteiger partial charge in [0.05, 0.1) is 11.1 Å². The first-order valence-electron chi connectivity index (χ1n) is 11.4. The first kappa shape index (κ1) is 20.9. The Kier molecular flexibility index (Phi) is 7.52. The molecule has 3 rings (SSSR count). The lowest BCUT2D eigenvalue weighted by Crippen LogP contribution is -2.44. The van der Waals surface area contributed by atoms with Crippen molar-refractivity contribution in [2.45, 2.75) is 90.1 Å².